The third-order valence-corrected chi connectivity index (χ3v) is 29.9. The van der Waals surface area contributed by atoms with Crippen LogP contribution in [0.2, 0.25) is 0 Å². The van der Waals surface area contributed by atoms with Gasteiger partial charge < -0.3 is 17.7 Å². The molecule has 0 fully saturated rings. The average molecular weight is 1890 g/mol. The van der Waals surface area contributed by atoms with Gasteiger partial charge in [-0.2, -0.15) is 0 Å². The van der Waals surface area contributed by atoms with Gasteiger partial charge in [-0.1, -0.05) is 454 Å². The molecule has 4 heteroatoms. The number of hydrogen-bond acceptors (Lipinski definition) is 4. The predicted octanol–water partition coefficient (Wildman–Crippen LogP) is 41.4. The summed E-state index contributed by atoms with van der Waals surface area (Å²) in [6.07, 6.45) is 0. The van der Waals surface area contributed by atoms with Gasteiger partial charge in [0.15, 0.2) is 0 Å². The maximum absolute atomic E-state index is 9.02. The Hall–Kier alpha value is -19.3. The topological polar surface area (TPSA) is 52.6 Å². The summed E-state index contributed by atoms with van der Waals surface area (Å²) in [5.41, 5.74) is 35.5. The van der Waals surface area contributed by atoms with Gasteiger partial charge in [-0.3, -0.25) is 0 Å². The minimum atomic E-state index is -0.410. The normalized spacial score (nSPS) is 12.2. The number of rotatable bonds is 12. The lowest BCUT2D eigenvalue weighted by Crippen LogP contribution is -1.94. The number of benzene rings is 26. The number of furan rings is 4. The van der Waals surface area contributed by atoms with Crippen molar-refractivity contribution in [3.8, 4) is 134 Å². The van der Waals surface area contributed by atoms with E-state index in [9.17, 15) is 0 Å². The summed E-state index contributed by atoms with van der Waals surface area (Å²) in [5.74, 6) is 0. The Labute approximate surface area is 861 Å². The molecule has 0 bridgehead atoms. The summed E-state index contributed by atoms with van der Waals surface area (Å²) in [7, 11) is 0. The second-order valence-corrected chi connectivity index (χ2v) is 38.6. The summed E-state index contributed by atoms with van der Waals surface area (Å²) in [6.45, 7) is 4.36. The Bertz CT molecular complexity index is 10600. The molecular weight excluding hydrogens is 1790 g/mol. The van der Waals surface area contributed by atoms with E-state index >= 15 is 0 Å². The quantitative estimate of drug-likeness (QED) is 0.114. The van der Waals surface area contributed by atoms with Crippen LogP contribution in [0, 0.1) is 13.8 Å². The fourth-order valence-corrected chi connectivity index (χ4v) is 23.7. The van der Waals surface area contributed by atoms with E-state index in [1.165, 1.54) is 143 Å². The first-order valence-electron chi connectivity index (χ1n) is 53.0. The molecule has 30 aromatic rings. The van der Waals surface area contributed by atoms with Crippen LogP contribution in [-0.4, -0.2) is 0 Å². The Kier molecular flexibility index (Phi) is 19.8. The van der Waals surface area contributed by atoms with Crippen LogP contribution in [-0.2, 0) is 0 Å². The highest BCUT2D eigenvalue weighted by atomic mass is 16.3. The van der Waals surface area contributed by atoms with Crippen LogP contribution in [0.3, 0.4) is 0 Å². The van der Waals surface area contributed by atoms with Crippen molar-refractivity contribution in [3.63, 3.8) is 0 Å². The van der Waals surface area contributed by atoms with Crippen molar-refractivity contribution in [2.45, 2.75) is 13.8 Å². The van der Waals surface area contributed by atoms with Crippen LogP contribution in [0.4, 0.5) is 0 Å². The first kappa shape index (κ1) is 81.3. The van der Waals surface area contributed by atoms with E-state index in [4.69, 9.17) is 24.5 Å². The highest BCUT2D eigenvalue weighted by Crippen LogP contribution is 2.56. The van der Waals surface area contributed by atoms with Crippen LogP contribution in [0.1, 0.15) is 18.0 Å². The zero-order chi connectivity index (χ0) is 102. The molecule has 148 heavy (non-hydrogen) atoms. The molecule has 0 saturated carbocycles. The van der Waals surface area contributed by atoms with Gasteiger partial charge in [0.05, 0.1) is 6.85 Å². The van der Waals surface area contributed by atoms with E-state index in [1.54, 1.807) is 0 Å². The summed E-state index contributed by atoms with van der Waals surface area (Å²) in [4.78, 5) is 0. The second-order valence-electron chi connectivity index (χ2n) is 38.6. The van der Waals surface area contributed by atoms with E-state index in [0.717, 1.165) is 154 Å². The molecule has 0 aliphatic rings. The van der Waals surface area contributed by atoms with Crippen LogP contribution in [0.15, 0.2) is 539 Å². The van der Waals surface area contributed by atoms with Crippen molar-refractivity contribution in [2.75, 3.05) is 0 Å². The Morgan fingerprint density at radius 3 is 0.892 bits per heavy atom. The minimum Gasteiger partial charge on any atom is -0.456 e. The number of fused-ring (bicyclic) bond motifs is 19. The van der Waals surface area contributed by atoms with Crippen molar-refractivity contribution >= 4 is 163 Å². The van der Waals surface area contributed by atoms with Gasteiger partial charge in [0.25, 0.3) is 0 Å². The Morgan fingerprint density at radius 2 is 0.459 bits per heavy atom. The fourth-order valence-electron chi connectivity index (χ4n) is 23.7. The molecule has 4 nitrogen and oxygen atoms in total. The summed E-state index contributed by atoms with van der Waals surface area (Å²) in [6, 6.07) is 173. The van der Waals surface area contributed by atoms with Crippen molar-refractivity contribution in [3.05, 3.63) is 533 Å². The van der Waals surface area contributed by atoms with Gasteiger partial charge in [-0.25, -0.2) is 0 Å². The van der Waals surface area contributed by atoms with E-state index in [0.29, 0.717) is 5.56 Å². The molecule has 0 aliphatic carbocycles. The summed E-state index contributed by atoms with van der Waals surface area (Å²) < 4.78 is 69.9. The standard InChI is InChI=1S/C54H32O2.C50H32O.C40H28O/c1-2-15-33(16-3-1)51-40-21-6-8-23-42(40)52(43-24-9-7-22-41(43)51)36-29-34-17-4-5-18-37(34)46(32-36)35-30-47-39-20-11-13-28-50(39)56-54(47)48(31-35)45-26-14-25-44-38-19-10-12-27-49(38)55-53(44)45;1-4-16-33(17-5-1)36-30-37(34-18-6-2-7-19-34)32-38(31-36)39-28-29-46-49(44-26-14-15-27-45(44)51-46)50(39)48-42-24-12-10-22-40(42)47(35-20-8-3-9-21-35)41-23-11-13-25-43(41)48;1-25-22-26(2)24-28(23-25)29-20-21-36-39(34-18-10-11-19-35(34)41-36)40(29)38-32-16-8-6-14-30(32)37(27-12-4-3-5-13-27)31-15-7-9-17-33(31)38/h1-32H;1-32H;3-24H,1-2H3/i1D,2D,3D,15D,16D;;. The summed E-state index contributed by atoms with van der Waals surface area (Å²) in [5, 5.41) is 24.2. The molecule has 692 valence electrons. The average Bonchev–Trinajstić information content (AvgIpc) is 1.71. The molecule has 0 amide bonds. The molecule has 0 aliphatic heterocycles. The molecular formula is C144H92O4. The molecule has 0 spiro atoms. The smallest absolute Gasteiger partial charge is 0.143 e. The molecule has 0 atom stereocenters. The zero-order valence-corrected chi connectivity index (χ0v) is 80.9. The van der Waals surface area contributed by atoms with Gasteiger partial charge in [-0.15, -0.1) is 0 Å². The first-order chi connectivity index (χ1) is 75.3. The predicted molar refractivity (Wildman–Crippen MR) is 626 cm³/mol. The highest BCUT2D eigenvalue weighted by Gasteiger charge is 2.30. The second kappa shape index (κ2) is 36.0. The SMILES string of the molecule is Cc1cc(C)cc(-c2ccc3oc4ccccc4c3c2-c2c3ccccc3c(-c3ccccc3)c3ccccc23)c1.[2H]c1c([2H])c([2H])c(-c2c3ccccc3c(-c3cc(-c4cc(-c5cccc6c5oc5ccccc56)c5oc6ccccc6c5c4)c4ccccc4c3)c3ccccc23)c([2H])c1[2H].c1ccc(-c2cc(-c3ccccc3)cc(-c3ccc4oc5ccccc5c4c3-c3c4ccccc4c(-c4ccccc4)c4ccccc34)c2)cc1. The molecule has 0 unspecified atom stereocenters. The van der Waals surface area contributed by atoms with Crippen molar-refractivity contribution < 1.29 is 24.5 Å². The van der Waals surface area contributed by atoms with Crippen LogP contribution in [0.5, 0.6) is 0 Å². The maximum Gasteiger partial charge on any atom is 0.143 e. The third kappa shape index (κ3) is 14.7. The minimum absolute atomic E-state index is 0.191. The molecule has 30 rings (SSSR count). The number of para-hydroxylation sites is 5. The third-order valence-electron chi connectivity index (χ3n) is 29.9. The van der Waals surface area contributed by atoms with E-state index in [1.807, 2.05) is 72.8 Å². The first-order valence-corrected chi connectivity index (χ1v) is 50.5. The van der Waals surface area contributed by atoms with Gasteiger partial charge in [0, 0.05) is 65.3 Å². The van der Waals surface area contributed by atoms with Crippen LogP contribution >= 0.6 is 0 Å². The van der Waals surface area contributed by atoms with Gasteiger partial charge >= 0.3 is 0 Å². The van der Waals surface area contributed by atoms with Crippen LogP contribution < -0.4 is 0 Å². The van der Waals surface area contributed by atoms with Gasteiger partial charge in [0.1, 0.15) is 44.7 Å². The summed E-state index contributed by atoms with van der Waals surface area (Å²) >= 11 is 0. The van der Waals surface area contributed by atoms with Crippen molar-refractivity contribution in [1.29, 1.82) is 0 Å². The van der Waals surface area contributed by atoms with Gasteiger partial charge in [-0.05, 0) is 279 Å². The Morgan fingerprint density at radius 1 is 0.149 bits per heavy atom. The van der Waals surface area contributed by atoms with E-state index in [2.05, 4.69) is 432 Å². The maximum atomic E-state index is 9.02. The lowest BCUT2D eigenvalue weighted by Gasteiger charge is -2.21. The van der Waals surface area contributed by atoms with Crippen molar-refractivity contribution in [1.82, 2.24) is 0 Å². The molecule has 0 N–H and O–H groups in total. The molecule has 0 radical (unpaired) electrons. The highest BCUT2D eigenvalue weighted by molar-refractivity contribution is 6.31. The number of hydrogen-bond donors (Lipinski definition) is 0. The lowest BCUT2D eigenvalue weighted by molar-refractivity contribution is 0.665. The molecule has 26 aromatic carbocycles. The lowest BCUT2D eigenvalue weighted by atomic mass is 9.81. The van der Waals surface area contributed by atoms with Crippen molar-refractivity contribution in [2.24, 2.45) is 0 Å². The molecule has 4 heterocycles. The Balaban J connectivity index is 0.000000112. The number of aryl methyl sites for hydroxylation is 2. The van der Waals surface area contributed by atoms with E-state index in [-0.39, 0.29) is 29.7 Å². The van der Waals surface area contributed by atoms with Crippen LogP contribution in [0.25, 0.3) is 297 Å². The van der Waals surface area contributed by atoms with Gasteiger partial charge in [0.2, 0.25) is 0 Å². The molecule has 4 aromatic heterocycles. The largest absolute Gasteiger partial charge is 0.456 e. The fraction of sp³-hybridized carbons (Fsp3) is 0.0139. The molecule has 0 saturated heterocycles. The van der Waals surface area contributed by atoms with E-state index < -0.39 is 6.04 Å². The monoisotopic (exact) mass is 1890 g/mol. The zero-order valence-electron chi connectivity index (χ0n) is 85.9.